The van der Waals surface area contributed by atoms with Gasteiger partial charge in [-0.1, -0.05) is 23.4 Å². The lowest BCUT2D eigenvalue weighted by molar-refractivity contribution is -0.297. The summed E-state index contributed by atoms with van der Waals surface area (Å²) in [5.41, 5.74) is 1.40. The molecule has 0 spiro atoms. The average Bonchev–Trinajstić information content (AvgIpc) is 2.24. The molecule has 0 N–H and O–H groups in total. The molecule has 1 rings (SSSR count). The number of carboxylic acids is 1. The Hall–Kier alpha value is -2.17. The third-order valence-electron chi connectivity index (χ3n) is 1.62. The lowest BCUT2D eigenvalue weighted by atomic mass is 10.2. The van der Waals surface area contributed by atoms with E-state index in [2.05, 4.69) is 10.3 Å². The highest BCUT2D eigenvalue weighted by atomic mass is 16.4. The van der Waals surface area contributed by atoms with Crippen molar-refractivity contribution in [1.29, 1.82) is 0 Å². The van der Waals surface area contributed by atoms with Crippen LogP contribution in [0.2, 0.25) is 0 Å². The molecule has 0 radical (unpaired) electrons. The molecule has 16 heavy (non-hydrogen) atoms. The summed E-state index contributed by atoms with van der Waals surface area (Å²) in [7, 11) is 3.53. The van der Waals surface area contributed by atoms with E-state index in [0.29, 0.717) is 5.69 Å². The zero-order valence-corrected chi connectivity index (χ0v) is 9.12. The Kier molecular flexibility index (Phi) is 4.20. The van der Waals surface area contributed by atoms with Crippen LogP contribution in [-0.2, 0) is 4.79 Å². The van der Waals surface area contributed by atoms with Gasteiger partial charge in [0.05, 0.1) is 11.7 Å². The Morgan fingerprint density at radius 2 is 2.19 bits per heavy atom. The molecule has 0 aromatic heterocycles. The van der Waals surface area contributed by atoms with E-state index in [0.717, 1.165) is 11.6 Å². The third-order valence-corrected chi connectivity index (χ3v) is 1.62. The molecule has 0 aliphatic carbocycles. The van der Waals surface area contributed by atoms with Crippen LogP contribution in [-0.4, -0.2) is 25.1 Å². The summed E-state index contributed by atoms with van der Waals surface area (Å²) in [6.07, 6.45) is 2.42. The van der Waals surface area contributed by atoms with E-state index in [1.165, 1.54) is 6.08 Å². The quantitative estimate of drug-likeness (QED) is 0.430. The minimum atomic E-state index is -1.22. The first kappa shape index (κ1) is 11.9. The van der Waals surface area contributed by atoms with Crippen LogP contribution in [0.5, 0.6) is 0 Å². The molecule has 84 valence electrons. The van der Waals surface area contributed by atoms with Crippen molar-refractivity contribution in [3.05, 3.63) is 35.9 Å². The number of carboxylic acid groups (broad SMARTS) is 1. The van der Waals surface area contributed by atoms with Crippen molar-refractivity contribution in [3.63, 3.8) is 0 Å². The Balaban J connectivity index is 2.83. The first-order chi connectivity index (χ1) is 7.58. The summed E-state index contributed by atoms with van der Waals surface area (Å²) in [4.78, 5) is 10.2. The summed E-state index contributed by atoms with van der Waals surface area (Å²) in [6.45, 7) is 0. The summed E-state index contributed by atoms with van der Waals surface area (Å²) >= 11 is 0. The van der Waals surface area contributed by atoms with Crippen molar-refractivity contribution >= 4 is 17.7 Å². The fourth-order valence-electron chi connectivity index (χ4n) is 0.996. The van der Waals surface area contributed by atoms with Gasteiger partial charge in [-0.25, -0.2) is 0 Å². The zero-order valence-electron chi connectivity index (χ0n) is 9.12. The van der Waals surface area contributed by atoms with Crippen molar-refractivity contribution < 1.29 is 9.90 Å². The lowest BCUT2D eigenvalue weighted by Gasteiger charge is -2.01. The van der Waals surface area contributed by atoms with E-state index < -0.39 is 5.97 Å². The van der Waals surface area contributed by atoms with Crippen molar-refractivity contribution in [2.75, 3.05) is 14.1 Å². The molecule has 1 aromatic rings. The van der Waals surface area contributed by atoms with Crippen molar-refractivity contribution in [3.8, 4) is 0 Å². The van der Waals surface area contributed by atoms with Gasteiger partial charge in [0.2, 0.25) is 0 Å². The van der Waals surface area contributed by atoms with Crippen LogP contribution in [0.4, 0.5) is 5.69 Å². The Labute approximate surface area is 93.7 Å². The highest BCUT2D eigenvalue weighted by molar-refractivity contribution is 5.83. The highest BCUT2D eigenvalue weighted by Crippen LogP contribution is 2.15. The fraction of sp³-hybridized carbons (Fsp3) is 0.182. The van der Waals surface area contributed by atoms with Crippen LogP contribution >= 0.6 is 0 Å². The largest absolute Gasteiger partial charge is 0.545 e. The number of benzene rings is 1. The van der Waals surface area contributed by atoms with Gasteiger partial charge < -0.3 is 9.90 Å². The van der Waals surface area contributed by atoms with Gasteiger partial charge in [0, 0.05) is 14.1 Å². The molecule has 0 saturated heterocycles. The van der Waals surface area contributed by atoms with Crippen LogP contribution in [0.25, 0.3) is 6.08 Å². The summed E-state index contributed by atoms with van der Waals surface area (Å²) < 4.78 is 0. The second kappa shape index (κ2) is 5.65. The monoisotopic (exact) mass is 218 g/mol. The molecule has 0 unspecified atom stereocenters. The molecule has 0 atom stereocenters. The fourth-order valence-corrected chi connectivity index (χ4v) is 0.996. The maximum atomic E-state index is 10.2. The molecular formula is C11H12N3O2-. The number of nitrogens with zero attached hydrogens (tertiary/aromatic N) is 3. The maximum absolute atomic E-state index is 10.2. The molecule has 5 heteroatoms. The zero-order chi connectivity index (χ0) is 12.0. The summed E-state index contributed by atoms with van der Waals surface area (Å²) in [5, 5.41) is 19.6. The van der Waals surface area contributed by atoms with Crippen LogP contribution in [0.15, 0.2) is 40.7 Å². The molecule has 0 heterocycles. The molecule has 0 aliphatic rings. The molecule has 0 aliphatic heterocycles. The normalized spacial score (nSPS) is 11.1. The third kappa shape index (κ3) is 4.36. The first-order valence-electron chi connectivity index (χ1n) is 4.66. The smallest absolute Gasteiger partial charge is 0.0880 e. The van der Waals surface area contributed by atoms with E-state index >= 15 is 0 Å². The molecule has 5 nitrogen and oxygen atoms in total. The van der Waals surface area contributed by atoms with Crippen LogP contribution in [0, 0.1) is 0 Å². The number of carbonyl (C=O) groups is 1. The van der Waals surface area contributed by atoms with E-state index in [1.807, 2.05) is 0 Å². The van der Waals surface area contributed by atoms with Gasteiger partial charge in [-0.15, -0.1) is 5.11 Å². The maximum Gasteiger partial charge on any atom is 0.0880 e. The van der Waals surface area contributed by atoms with Gasteiger partial charge in [0.25, 0.3) is 0 Å². The van der Waals surface area contributed by atoms with Crippen molar-refractivity contribution in [2.24, 2.45) is 10.3 Å². The van der Waals surface area contributed by atoms with E-state index in [-0.39, 0.29) is 0 Å². The van der Waals surface area contributed by atoms with E-state index in [1.54, 1.807) is 43.4 Å². The minimum absolute atomic E-state index is 0.661. The summed E-state index contributed by atoms with van der Waals surface area (Å²) in [5.74, 6) is -1.22. The van der Waals surface area contributed by atoms with E-state index in [9.17, 15) is 9.90 Å². The van der Waals surface area contributed by atoms with Crippen molar-refractivity contribution in [1.82, 2.24) is 5.01 Å². The first-order valence-corrected chi connectivity index (χ1v) is 4.66. The minimum Gasteiger partial charge on any atom is -0.545 e. The molecule has 1 aromatic carbocycles. The lowest BCUT2D eigenvalue weighted by Crippen LogP contribution is -2.18. The Bertz CT molecular complexity index is 425. The second-order valence-corrected chi connectivity index (χ2v) is 3.28. The van der Waals surface area contributed by atoms with Crippen LogP contribution in [0.3, 0.4) is 0 Å². The number of rotatable bonds is 4. The highest BCUT2D eigenvalue weighted by Gasteiger charge is 1.91. The van der Waals surface area contributed by atoms with Gasteiger partial charge in [-0.2, -0.15) is 0 Å². The number of hydrogen-bond acceptors (Lipinski definition) is 4. The average molecular weight is 218 g/mol. The van der Waals surface area contributed by atoms with Gasteiger partial charge >= 0.3 is 0 Å². The standard InChI is InChI=1S/C11H13N3O2/c1-14(2)13-12-10-5-3-4-9(8-10)6-7-11(15)16/h3-8H,1-2H3,(H,15,16)/p-1/b7-6+,13-12?. The van der Waals surface area contributed by atoms with Gasteiger partial charge in [0.15, 0.2) is 0 Å². The Morgan fingerprint density at radius 3 is 2.81 bits per heavy atom. The van der Waals surface area contributed by atoms with Gasteiger partial charge in [0.1, 0.15) is 0 Å². The van der Waals surface area contributed by atoms with Crippen molar-refractivity contribution in [2.45, 2.75) is 0 Å². The predicted octanol–water partition coefficient (Wildman–Crippen LogP) is 1.01. The van der Waals surface area contributed by atoms with Gasteiger partial charge in [-0.3, -0.25) is 5.01 Å². The molecule has 0 fully saturated rings. The SMILES string of the molecule is CN(C)N=Nc1cccc(/C=C/C(=O)[O-])c1. The molecule has 0 bridgehead atoms. The second-order valence-electron chi connectivity index (χ2n) is 3.28. The summed E-state index contributed by atoms with van der Waals surface area (Å²) in [6, 6.07) is 7.06. The predicted molar refractivity (Wildman–Crippen MR) is 58.7 cm³/mol. The molecular weight excluding hydrogens is 206 g/mol. The van der Waals surface area contributed by atoms with Crippen LogP contribution < -0.4 is 5.11 Å². The molecule has 0 amide bonds. The number of carbonyl (C=O) groups excluding carboxylic acids is 1. The molecule has 0 saturated carbocycles. The van der Waals surface area contributed by atoms with E-state index in [4.69, 9.17) is 0 Å². The Morgan fingerprint density at radius 1 is 1.44 bits per heavy atom. The number of hydrogen-bond donors (Lipinski definition) is 0. The topological polar surface area (TPSA) is 68.1 Å². The van der Waals surface area contributed by atoms with Gasteiger partial charge in [-0.05, 0) is 23.8 Å². The number of aliphatic carboxylic acids is 1. The van der Waals surface area contributed by atoms with Crippen LogP contribution in [0.1, 0.15) is 5.56 Å².